The third kappa shape index (κ3) is 1.23. The fraction of sp³-hybridized carbons (Fsp3) is 0.917. The number of hydrogen-bond donors (Lipinski definition) is 0. The van der Waals surface area contributed by atoms with Crippen LogP contribution in [0.3, 0.4) is 0 Å². The Morgan fingerprint density at radius 2 is 1.86 bits per heavy atom. The normalized spacial score (nSPS) is 39.6. The molecule has 0 N–H and O–H groups in total. The van der Waals surface area contributed by atoms with E-state index in [2.05, 4.69) is 18.7 Å². The Morgan fingerprint density at radius 3 is 2.36 bits per heavy atom. The number of nitrogens with zero attached hydrogens (tertiary/aromatic N) is 1. The van der Waals surface area contributed by atoms with Crippen molar-refractivity contribution in [2.24, 2.45) is 23.2 Å². The number of carbonyl (C=O) groups is 1. The maximum absolute atomic E-state index is 11.6. The van der Waals surface area contributed by atoms with Crippen molar-refractivity contribution in [1.29, 1.82) is 0 Å². The lowest BCUT2D eigenvalue weighted by atomic mass is 10.1. The summed E-state index contributed by atoms with van der Waals surface area (Å²) in [4.78, 5) is 14.0. The predicted octanol–water partition coefficient (Wildman–Crippen LogP) is 1.55. The zero-order valence-corrected chi connectivity index (χ0v) is 9.12. The van der Waals surface area contributed by atoms with Crippen LogP contribution in [0, 0.1) is 23.2 Å². The van der Waals surface area contributed by atoms with E-state index in [1.807, 2.05) is 0 Å². The molecular weight excluding hydrogens is 174 g/mol. The molecule has 0 aromatic carbocycles. The first-order chi connectivity index (χ1) is 6.59. The second-order valence-corrected chi connectivity index (χ2v) is 5.97. The van der Waals surface area contributed by atoms with E-state index in [1.54, 1.807) is 0 Å². The molecule has 2 atom stereocenters. The first-order valence-electron chi connectivity index (χ1n) is 5.84. The molecule has 2 unspecified atom stereocenters. The van der Waals surface area contributed by atoms with E-state index in [0.717, 1.165) is 31.2 Å². The minimum atomic E-state index is 0.444. The summed E-state index contributed by atoms with van der Waals surface area (Å²) in [6.45, 7) is 7.82. The van der Waals surface area contributed by atoms with Gasteiger partial charge in [-0.25, -0.2) is 0 Å². The van der Waals surface area contributed by atoms with Gasteiger partial charge in [0.1, 0.15) is 5.78 Å². The number of ketones is 1. The number of hydrogen-bond acceptors (Lipinski definition) is 2. The van der Waals surface area contributed by atoms with Gasteiger partial charge >= 0.3 is 0 Å². The minimum Gasteiger partial charge on any atom is -0.298 e. The Bertz CT molecular complexity index is 266. The van der Waals surface area contributed by atoms with Gasteiger partial charge < -0.3 is 0 Å². The summed E-state index contributed by atoms with van der Waals surface area (Å²) >= 11 is 0. The fourth-order valence-corrected chi connectivity index (χ4v) is 3.10. The van der Waals surface area contributed by atoms with Gasteiger partial charge in [0.2, 0.25) is 0 Å². The van der Waals surface area contributed by atoms with Gasteiger partial charge in [0.05, 0.1) is 6.54 Å². The number of rotatable bonds is 3. The monoisotopic (exact) mass is 193 g/mol. The van der Waals surface area contributed by atoms with Crippen molar-refractivity contribution < 1.29 is 4.79 Å². The topological polar surface area (TPSA) is 20.3 Å². The summed E-state index contributed by atoms with van der Waals surface area (Å²) in [6, 6.07) is 0. The van der Waals surface area contributed by atoms with Gasteiger partial charge in [-0.1, -0.05) is 13.8 Å². The number of carbonyl (C=O) groups excluding carboxylic acids is 1. The van der Waals surface area contributed by atoms with Crippen molar-refractivity contribution in [3.63, 3.8) is 0 Å². The number of likely N-dealkylation sites (tertiary alicyclic amines) is 1. The summed E-state index contributed by atoms with van der Waals surface area (Å²) in [7, 11) is 0. The Kier molecular flexibility index (Phi) is 1.65. The Hall–Kier alpha value is -0.370. The summed E-state index contributed by atoms with van der Waals surface area (Å²) in [6.07, 6.45) is 2.32. The molecular formula is C12H19NO. The minimum absolute atomic E-state index is 0.444. The highest BCUT2D eigenvalue weighted by atomic mass is 16.1. The lowest BCUT2D eigenvalue weighted by Crippen LogP contribution is -2.32. The van der Waals surface area contributed by atoms with Crippen LogP contribution < -0.4 is 0 Å². The molecule has 1 saturated heterocycles. The predicted molar refractivity (Wildman–Crippen MR) is 54.9 cm³/mol. The SMILES string of the molecule is CC1(C)C2CN(CC(=O)C3CC3)CC21. The Morgan fingerprint density at radius 1 is 1.29 bits per heavy atom. The fourth-order valence-electron chi connectivity index (χ4n) is 3.10. The second kappa shape index (κ2) is 2.60. The summed E-state index contributed by atoms with van der Waals surface area (Å²) < 4.78 is 0. The zero-order valence-electron chi connectivity index (χ0n) is 9.12. The lowest BCUT2D eigenvalue weighted by molar-refractivity contribution is -0.121. The molecule has 3 fully saturated rings. The highest BCUT2D eigenvalue weighted by Gasteiger charge is 2.61. The molecule has 2 aliphatic carbocycles. The van der Waals surface area contributed by atoms with Gasteiger partial charge in [-0.3, -0.25) is 9.69 Å². The standard InChI is InChI=1S/C12H19NO/c1-12(2)9-5-13(6-10(9)12)7-11(14)8-3-4-8/h8-10H,3-7H2,1-2H3. The van der Waals surface area contributed by atoms with Crippen molar-refractivity contribution in [3.8, 4) is 0 Å². The van der Waals surface area contributed by atoms with Crippen molar-refractivity contribution in [2.75, 3.05) is 19.6 Å². The van der Waals surface area contributed by atoms with Crippen molar-refractivity contribution in [2.45, 2.75) is 26.7 Å². The summed E-state index contributed by atoms with van der Waals surface area (Å²) in [5.74, 6) is 2.72. The van der Waals surface area contributed by atoms with E-state index in [0.29, 0.717) is 17.1 Å². The Labute approximate surface area is 85.7 Å². The Balaban J connectivity index is 1.52. The van der Waals surface area contributed by atoms with Crippen LogP contribution in [0.1, 0.15) is 26.7 Å². The highest BCUT2D eigenvalue weighted by molar-refractivity contribution is 5.85. The third-order valence-electron chi connectivity index (χ3n) is 4.61. The lowest BCUT2D eigenvalue weighted by Gasteiger charge is -2.20. The summed E-state index contributed by atoms with van der Waals surface area (Å²) in [5, 5.41) is 0. The molecule has 2 saturated carbocycles. The van der Waals surface area contributed by atoms with Crippen LogP contribution in [0.25, 0.3) is 0 Å². The molecule has 0 aromatic heterocycles. The molecule has 0 amide bonds. The largest absolute Gasteiger partial charge is 0.298 e. The van der Waals surface area contributed by atoms with E-state index in [9.17, 15) is 4.79 Å². The summed E-state index contributed by atoms with van der Waals surface area (Å²) in [5.41, 5.74) is 0.582. The second-order valence-electron chi connectivity index (χ2n) is 5.97. The molecule has 0 bridgehead atoms. The van der Waals surface area contributed by atoms with Gasteiger partial charge in [0.25, 0.3) is 0 Å². The van der Waals surface area contributed by atoms with Crippen LogP contribution >= 0.6 is 0 Å². The zero-order chi connectivity index (χ0) is 9.92. The number of Topliss-reactive ketones (excluding diaryl/α,β-unsaturated/α-hetero) is 1. The first-order valence-corrected chi connectivity index (χ1v) is 5.84. The van der Waals surface area contributed by atoms with E-state index >= 15 is 0 Å². The van der Waals surface area contributed by atoms with E-state index < -0.39 is 0 Å². The molecule has 1 aliphatic heterocycles. The molecule has 0 spiro atoms. The van der Waals surface area contributed by atoms with E-state index in [1.165, 1.54) is 13.1 Å². The molecule has 14 heavy (non-hydrogen) atoms. The molecule has 0 radical (unpaired) electrons. The number of piperidine rings is 1. The van der Waals surface area contributed by atoms with Crippen molar-refractivity contribution in [3.05, 3.63) is 0 Å². The van der Waals surface area contributed by atoms with Crippen LogP contribution in [0.4, 0.5) is 0 Å². The molecule has 78 valence electrons. The first kappa shape index (κ1) is 8.90. The van der Waals surface area contributed by atoms with Crippen LogP contribution in [0.5, 0.6) is 0 Å². The van der Waals surface area contributed by atoms with Crippen LogP contribution in [0.2, 0.25) is 0 Å². The highest BCUT2D eigenvalue weighted by Crippen LogP contribution is 2.61. The van der Waals surface area contributed by atoms with Crippen LogP contribution in [-0.4, -0.2) is 30.3 Å². The van der Waals surface area contributed by atoms with E-state index in [4.69, 9.17) is 0 Å². The maximum atomic E-state index is 11.6. The average Bonchev–Trinajstić information content (AvgIpc) is 2.96. The average molecular weight is 193 g/mol. The quantitative estimate of drug-likeness (QED) is 0.678. The van der Waals surface area contributed by atoms with Gasteiger partial charge in [-0.15, -0.1) is 0 Å². The van der Waals surface area contributed by atoms with Crippen LogP contribution in [-0.2, 0) is 4.79 Å². The molecule has 1 heterocycles. The third-order valence-corrected chi connectivity index (χ3v) is 4.61. The van der Waals surface area contributed by atoms with Gasteiger partial charge in [0, 0.05) is 19.0 Å². The molecule has 2 heteroatoms. The smallest absolute Gasteiger partial charge is 0.149 e. The molecule has 0 aromatic rings. The number of fused-ring (bicyclic) bond motifs is 1. The molecule has 3 rings (SSSR count). The molecule has 3 aliphatic rings. The maximum Gasteiger partial charge on any atom is 0.149 e. The van der Waals surface area contributed by atoms with Gasteiger partial charge in [0.15, 0.2) is 0 Å². The van der Waals surface area contributed by atoms with Gasteiger partial charge in [-0.2, -0.15) is 0 Å². The van der Waals surface area contributed by atoms with Crippen molar-refractivity contribution in [1.82, 2.24) is 4.90 Å². The molecule has 2 nitrogen and oxygen atoms in total. The van der Waals surface area contributed by atoms with Gasteiger partial charge in [-0.05, 0) is 30.1 Å². The van der Waals surface area contributed by atoms with Crippen LogP contribution in [0.15, 0.2) is 0 Å². The van der Waals surface area contributed by atoms with Crippen molar-refractivity contribution >= 4 is 5.78 Å². The van der Waals surface area contributed by atoms with E-state index in [-0.39, 0.29) is 0 Å².